The molecule has 0 saturated heterocycles. The van der Waals surface area contributed by atoms with Crippen LogP contribution in [0.1, 0.15) is 46.5 Å². The summed E-state index contributed by atoms with van der Waals surface area (Å²) in [7, 11) is 0. The number of hydrogen-bond donors (Lipinski definition) is 1. The van der Waals surface area contributed by atoms with E-state index in [2.05, 4.69) is 5.16 Å². The molecule has 0 amide bonds. The van der Waals surface area contributed by atoms with Gasteiger partial charge in [-0.1, -0.05) is 11.6 Å². The molecule has 0 aromatic carbocycles. The number of oxime groups is 1. The molecule has 0 heterocycles. The normalized spacial score (nSPS) is 27.7. The lowest BCUT2D eigenvalue weighted by Gasteiger charge is -2.22. The third-order valence-electron chi connectivity index (χ3n) is 2.06. The average Bonchev–Trinajstić information content (AvgIpc) is 2.01. The molecule has 0 bridgehead atoms. The first-order chi connectivity index (χ1) is 5.99. The van der Waals surface area contributed by atoms with Gasteiger partial charge in [0.05, 0.1) is 5.71 Å². The summed E-state index contributed by atoms with van der Waals surface area (Å²) in [5.41, 5.74) is 6.72. The van der Waals surface area contributed by atoms with E-state index in [1.54, 1.807) is 0 Å². The van der Waals surface area contributed by atoms with E-state index in [0.29, 0.717) is 0 Å². The van der Waals surface area contributed by atoms with Crippen molar-refractivity contribution in [2.75, 3.05) is 0 Å². The Hall–Kier alpha value is -0.570. The van der Waals surface area contributed by atoms with Gasteiger partial charge in [-0.25, -0.2) is 0 Å². The van der Waals surface area contributed by atoms with Gasteiger partial charge in [0, 0.05) is 6.04 Å². The smallest absolute Gasteiger partial charge is 0.129 e. The van der Waals surface area contributed by atoms with Crippen LogP contribution in [0.25, 0.3) is 0 Å². The molecule has 2 N–H and O–H groups in total. The molecule has 1 aliphatic rings. The summed E-state index contributed by atoms with van der Waals surface area (Å²) in [5.74, 6) is 0. The molecule has 1 saturated carbocycles. The fourth-order valence-corrected chi connectivity index (χ4v) is 1.33. The van der Waals surface area contributed by atoms with Crippen molar-refractivity contribution in [1.29, 1.82) is 0 Å². The highest BCUT2D eigenvalue weighted by molar-refractivity contribution is 5.89. The lowest BCUT2D eigenvalue weighted by molar-refractivity contribution is -0.000216. The highest BCUT2D eigenvalue weighted by Crippen LogP contribution is 2.16. The molecule has 0 aromatic rings. The molecule has 0 spiro atoms. The standard InChI is InChI=1S/C10H20N2O/c1-10(2,3)13-12-9-7-5-4-6-8(9)11/h8H,4-7,11H2,1-3H3. The number of nitrogens with zero attached hydrogens (tertiary/aromatic N) is 1. The van der Waals surface area contributed by atoms with E-state index in [1.807, 2.05) is 20.8 Å². The first kappa shape index (κ1) is 10.5. The molecule has 1 fully saturated rings. The predicted octanol–water partition coefficient (Wildman–Crippen LogP) is 2.06. The Morgan fingerprint density at radius 2 is 2.08 bits per heavy atom. The minimum Gasteiger partial charge on any atom is -0.390 e. The Kier molecular flexibility index (Phi) is 3.31. The van der Waals surface area contributed by atoms with Crippen molar-refractivity contribution in [2.24, 2.45) is 10.9 Å². The van der Waals surface area contributed by atoms with Gasteiger partial charge in [-0.3, -0.25) is 0 Å². The summed E-state index contributed by atoms with van der Waals surface area (Å²) in [4.78, 5) is 5.35. The van der Waals surface area contributed by atoms with E-state index < -0.39 is 0 Å². The van der Waals surface area contributed by atoms with Crippen LogP contribution in [0.4, 0.5) is 0 Å². The average molecular weight is 184 g/mol. The van der Waals surface area contributed by atoms with Gasteiger partial charge in [-0.15, -0.1) is 0 Å². The van der Waals surface area contributed by atoms with Gasteiger partial charge in [-0.05, 0) is 40.0 Å². The summed E-state index contributed by atoms with van der Waals surface area (Å²) in [6, 6.07) is 0.121. The molecule has 0 aromatic heterocycles. The first-order valence-corrected chi connectivity index (χ1v) is 4.99. The molecular weight excluding hydrogens is 164 g/mol. The Morgan fingerprint density at radius 3 is 2.62 bits per heavy atom. The van der Waals surface area contributed by atoms with Crippen LogP contribution in [0.3, 0.4) is 0 Å². The van der Waals surface area contributed by atoms with Crippen molar-refractivity contribution in [3.8, 4) is 0 Å². The van der Waals surface area contributed by atoms with Gasteiger partial charge in [0.2, 0.25) is 0 Å². The maximum Gasteiger partial charge on any atom is 0.129 e. The van der Waals surface area contributed by atoms with Crippen LogP contribution in [0.2, 0.25) is 0 Å². The third-order valence-corrected chi connectivity index (χ3v) is 2.06. The van der Waals surface area contributed by atoms with Crippen LogP contribution < -0.4 is 5.73 Å². The third kappa shape index (κ3) is 3.77. The van der Waals surface area contributed by atoms with Crippen LogP contribution in [0.15, 0.2) is 5.16 Å². The van der Waals surface area contributed by atoms with Crippen molar-refractivity contribution >= 4 is 5.71 Å². The van der Waals surface area contributed by atoms with Crippen LogP contribution in [-0.4, -0.2) is 17.4 Å². The maximum absolute atomic E-state index is 5.90. The number of rotatable bonds is 1. The highest BCUT2D eigenvalue weighted by atomic mass is 16.6. The van der Waals surface area contributed by atoms with E-state index in [9.17, 15) is 0 Å². The fraction of sp³-hybridized carbons (Fsp3) is 0.900. The molecule has 0 radical (unpaired) electrons. The Labute approximate surface area is 80.3 Å². The monoisotopic (exact) mass is 184 g/mol. The summed E-state index contributed by atoms with van der Waals surface area (Å²) in [6.07, 6.45) is 4.46. The Bertz CT molecular complexity index is 194. The van der Waals surface area contributed by atoms with Crippen molar-refractivity contribution in [3.63, 3.8) is 0 Å². The predicted molar refractivity (Wildman–Crippen MR) is 54.7 cm³/mol. The number of hydrogen-bond acceptors (Lipinski definition) is 3. The Morgan fingerprint density at radius 1 is 1.38 bits per heavy atom. The van der Waals surface area contributed by atoms with E-state index in [1.165, 1.54) is 12.8 Å². The SMILES string of the molecule is CC(C)(C)ON=C1CCCCC1N. The summed E-state index contributed by atoms with van der Waals surface area (Å²) >= 11 is 0. The molecule has 1 unspecified atom stereocenters. The first-order valence-electron chi connectivity index (χ1n) is 4.99. The van der Waals surface area contributed by atoms with Gasteiger partial charge in [-0.2, -0.15) is 0 Å². The molecular formula is C10H20N2O. The summed E-state index contributed by atoms with van der Waals surface area (Å²) in [6.45, 7) is 5.97. The largest absolute Gasteiger partial charge is 0.390 e. The number of nitrogens with two attached hydrogens (primary N) is 1. The van der Waals surface area contributed by atoms with Crippen LogP contribution >= 0.6 is 0 Å². The van der Waals surface area contributed by atoms with E-state index in [-0.39, 0.29) is 11.6 Å². The van der Waals surface area contributed by atoms with Crippen molar-refractivity contribution < 1.29 is 4.84 Å². The molecule has 3 heteroatoms. The zero-order valence-electron chi connectivity index (χ0n) is 8.84. The van der Waals surface area contributed by atoms with Gasteiger partial charge >= 0.3 is 0 Å². The second kappa shape index (κ2) is 4.09. The molecule has 0 aliphatic heterocycles. The second-order valence-electron chi connectivity index (χ2n) is 4.64. The lowest BCUT2D eigenvalue weighted by atomic mass is 9.94. The van der Waals surface area contributed by atoms with Crippen LogP contribution in [-0.2, 0) is 4.84 Å². The molecule has 1 aliphatic carbocycles. The summed E-state index contributed by atoms with van der Waals surface area (Å²) in [5, 5.41) is 4.13. The maximum atomic E-state index is 5.90. The quantitative estimate of drug-likeness (QED) is 0.634. The summed E-state index contributed by atoms with van der Waals surface area (Å²) < 4.78 is 0. The van der Waals surface area contributed by atoms with Gasteiger partial charge in [0.25, 0.3) is 0 Å². The zero-order valence-corrected chi connectivity index (χ0v) is 8.84. The minimum absolute atomic E-state index is 0.121. The van der Waals surface area contributed by atoms with Crippen molar-refractivity contribution in [1.82, 2.24) is 0 Å². The van der Waals surface area contributed by atoms with Crippen molar-refractivity contribution in [3.05, 3.63) is 0 Å². The fourth-order valence-electron chi connectivity index (χ4n) is 1.33. The molecule has 13 heavy (non-hydrogen) atoms. The van der Waals surface area contributed by atoms with Gasteiger partial charge < -0.3 is 10.6 Å². The van der Waals surface area contributed by atoms with E-state index in [4.69, 9.17) is 10.6 Å². The van der Waals surface area contributed by atoms with Crippen LogP contribution in [0.5, 0.6) is 0 Å². The van der Waals surface area contributed by atoms with Gasteiger partial charge in [0.15, 0.2) is 0 Å². The molecule has 1 rings (SSSR count). The lowest BCUT2D eigenvalue weighted by Crippen LogP contribution is -2.34. The Balaban J connectivity index is 2.49. The molecule has 3 nitrogen and oxygen atoms in total. The zero-order chi connectivity index (χ0) is 9.90. The van der Waals surface area contributed by atoms with E-state index in [0.717, 1.165) is 18.6 Å². The van der Waals surface area contributed by atoms with Gasteiger partial charge in [0.1, 0.15) is 5.60 Å². The molecule has 76 valence electrons. The minimum atomic E-state index is -0.204. The molecule has 1 atom stereocenters. The topological polar surface area (TPSA) is 47.6 Å². The highest BCUT2D eigenvalue weighted by Gasteiger charge is 2.18. The van der Waals surface area contributed by atoms with Crippen molar-refractivity contribution in [2.45, 2.75) is 58.1 Å². The van der Waals surface area contributed by atoms with E-state index >= 15 is 0 Å². The van der Waals surface area contributed by atoms with Crippen LogP contribution in [0, 0.1) is 0 Å². The second-order valence-corrected chi connectivity index (χ2v) is 4.64.